The highest BCUT2D eigenvalue weighted by atomic mass is 32.1. The molecule has 0 atom stereocenters. The van der Waals surface area contributed by atoms with Gasteiger partial charge in [-0.25, -0.2) is 4.98 Å². The third-order valence-electron chi connectivity index (χ3n) is 3.94. The zero-order valence-corrected chi connectivity index (χ0v) is 16.5. The van der Waals surface area contributed by atoms with Crippen LogP contribution in [0.15, 0.2) is 18.2 Å². The van der Waals surface area contributed by atoms with Gasteiger partial charge in [-0.05, 0) is 30.7 Å². The molecule has 0 unspecified atom stereocenters. The molecular formula is C20H23NO4S. The Kier molecular flexibility index (Phi) is 5.05. The van der Waals surface area contributed by atoms with Crippen LogP contribution in [0.2, 0.25) is 0 Å². The van der Waals surface area contributed by atoms with Gasteiger partial charge in [-0.1, -0.05) is 26.8 Å². The van der Waals surface area contributed by atoms with Gasteiger partial charge in [0.15, 0.2) is 17.3 Å². The predicted molar refractivity (Wildman–Crippen MR) is 103 cm³/mol. The maximum absolute atomic E-state index is 12.6. The number of aryl methyl sites for hydroxylation is 1. The quantitative estimate of drug-likeness (QED) is 0.586. The van der Waals surface area contributed by atoms with Crippen molar-refractivity contribution in [1.29, 1.82) is 0 Å². The second kappa shape index (κ2) is 7.11. The number of hydrogen-bond acceptors (Lipinski definition) is 6. The molecule has 0 spiro atoms. The van der Waals surface area contributed by atoms with E-state index in [1.807, 2.05) is 19.1 Å². The molecule has 0 saturated carbocycles. The Hall–Kier alpha value is -2.34. The summed E-state index contributed by atoms with van der Waals surface area (Å²) in [7, 11) is 1.58. The molecule has 0 amide bonds. The van der Waals surface area contributed by atoms with Crippen LogP contribution in [0, 0.1) is 6.92 Å². The molecule has 1 aliphatic rings. The Morgan fingerprint density at radius 3 is 2.65 bits per heavy atom. The number of fused-ring (bicyclic) bond motifs is 1. The number of carbonyl (C=O) groups is 1. The van der Waals surface area contributed by atoms with Crippen molar-refractivity contribution in [2.45, 2.75) is 33.1 Å². The lowest BCUT2D eigenvalue weighted by Crippen LogP contribution is -2.16. The third-order valence-corrected chi connectivity index (χ3v) is 5.54. The van der Waals surface area contributed by atoms with Crippen LogP contribution in [-0.2, 0) is 5.41 Å². The highest BCUT2D eigenvalue weighted by Crippen LogP contribution is 2.40. The number of allylic oxidation sites excluding steroid dienone is 1. The van der Waals surface area contributed by atoms with Gasteiger partial charge in [-0.2, -0.15) is 0 Å². The van der Waals surface area contributed by atoms with Crippen LogP contribution < -0.4 is 14.2 Å². The minimum Gasteiger partial charge on any atom is -0.493 e. The van der Waals surface area contributed by atoms with Gasteiger partial charge in [-0.3, -0.25) is 4.79 Å². The molecule has 0 fully saturated rings. The third kappa shape index (κ3) is 3.75. The van der Waals surface area contributed by atoms with Crippen LogP contribution in [0.4, 0.5) is 0 Å². The predicted octanol–water partition coefficient (Wildman–Crippen LogP) is 4.42. The van der Waals surface area contributed by atoms with Gasteiger partial charge in [0.05, 0.1) is 22.7 Å². The molecule has 0 aliphatic carbocycles. The van der Waals surface area contributed by atoms with Crippen molar-refractivity contribution in [1.82, 2.24) is 4.98 Å². The summed E-state index contributed by atoms with van der Waals surface area (Å²) in [6, 6.07) is 3.68. The molecule has 1 aromatic carbocycles. The molecule has 1 aliphatic heterocycles. The first-order valence-corrected chi connectivity index (χ1v) is 9.29. The highest BCUT2D eigenvalue weighted by molar-refractivity contribution is 7.14. The summed E-state index contributed by atoms with van der Waals surface area (Å²) in [4.78, 5) is 17.8. The summed E-state index contributed by atoms with van der Waals surface area (Å²) >= 11 is 1.46. The van der Waals surface area contributed by atoms with Crippen LogP contribution >= 0.6 is 11.3 Å². The molecule has 0 bridgehead atoms. The fourth-order valence-corrected chi connectivity index (χ4v) is 3.63. The summed E-state index contributed by atoms with van der Waals surface area (Å²) in [5.74, 6) is 1.78. The first kappa shape index (κ1) is 18.5. The average Bonchev–Trinajstić information content (AvgIpc) is 3.01. The monoisotopic (exact) mass is 373 g/mol. The summed E-state index contributed by atoms with van der Waals surface area (Å²) in [6.45, 7) is 9.15. The summed E-state index contributed by atoms with van der Waals surface area (Å²) in [5, 5.41) is 0.966. The first-order chi connectivity index (χ1) is 12.3. The maximum atomic E-state index is 12.6. The molecular weight excluding hydrogens is 350 g/mol. The second-order valence-electron chi connectivity index (χ2n) is 7.13. The Bertz CT molecular complexity index is 844. The van der Waals surface area contributed by atoms with Crippen molar-refractivity contribution >= 4 is 23.2 Å². The number of rotatable bonds is 4. The minimum absolute atomic E-state index is 0.0515. The number of aromatic nitrogens is 1. The number of nitrogens with zero attached hydrogens (tertiary/aromatic N) is 1. The van der Waals surface area contributed by atoms with Crippen molar-refractivity contribution in [2.24, 2.45) is 0 Å². The number of ether oxygens (including phenoxy) is 3. The molecule has 0 radical (unpaired) electrons. The van der Waals surface area contributed by atoms with E-state index in [1.54, 1.807) is 19.3 Å². The van der Waals surface area contributed by atoms with Crippen molar-refractivity contribution in [3.8, 4) is 17.2 Å². The van der Waals surface area contributed by atoms with Gasteiger partial charge >= 0.3 is 0 Å². The number of ketones is 1. The van der Waals surface area contributed by atoms with Crippen LogP contribution in [-0.4, -0.2) is 31.1 Å². The van der Waals surface area contributed by atoms with Gasteiger partial charge in [0.2, 0.25) is 5.75 Å². The van der Waals surface area contributed by atoms with E-state index in [0.717, 1.165) is 16.3 Å². The number of methoxy groups -OCH3 is 1. The normalized spacial score (nSPS) is 13.9. The topological polar surface area (TPSA) is 57.7 Å². The van der Waals surface area contributed by atoms with Gasteiger partial charge in [-0.15, -0.1) is 11.3 Å². The van der Waals surface area contributed by atoms with Crippen molar-refractivity contribution in [3.63, 3.8) is 0 Å². The van der Waals surface area contributed by atoms with Gasteiger partial charge in [0.1, 0.15) is 13.2 Å². The lowest BCUT2D eigenvalue weighted by atomic mass is 9.98. The van der Waals surface area contributed by atoms with Gasteiger partial charge in [0.25, 0.3) is 0 Å². The maximum Gasteiger partial charge on any atom is 0.203 e. The molecule has 138 valence electrons. The summed E-state index contributed by atoms with van der Waals surface area (Å²) in [6.07, 6.45) is 3.33. The smallest absolute Gasteiger partial charge is 0.203 e. The van der Waals surface area contributed by atoms with Gasteiger partial charge in [0, 0.05) is 5.41 Å². The van der Waals surface area contributed by atoms with Crippen molar-refractivity contribution in [3.05, 3.63) is 39.4 Å². The van der Waals surface area contributed by atoms with E-state index in [4.69, 9.17) is 14.2 Å². The Labute approximate surface area is 157 Å². The molecule has 5 nitrogen and oxygen atoms in total. The van der Waals surface area contributed by atoms with Crippen LogP contribution in [0.25, 0.3) is 6.08 Å². The van der Waals surface area contributed by atoms with E-state index < -0.39 is 0 Å². The van der Waals surface area contributed by atoms with E-state index in [2.05, 4.69) is 25.8 Å². The molecule has 0 N–H and O–H groups in total. The number of carbonyl (C=O) groups excluding carboxylic acids is 1. The number of hydrogen-bond donors (Lipinski definition) is 0. The van der Waals surface area contributed by atoms with E-state index in [1.165, 1.54) is 11.3 Å². The summed E-state index contributed by atoms with van der Waals surface area (Å²) in [5.41, 5.74) is 1.52. The first-order valence-electron chi connectivity index (χ1n) is 8.47. The largest absolute Gasteiger partial charge is 0.493 e. The minimum atomic E-state index is -0.0686. The Balaban J connectivity index is 1.86. The molecule has 2 heterocycles. The Morgan fingerprint density at radius 1 is 1.27 bits per heavy atom. The van der Waals surface area contributed by atoms with Crippen molar-refractivity contribution in [2.75, 3.05) is 20.3 Å². The van der Waals surface area contributed by atoms with Gasteiger partial charge < -0.3 is 14.2 Å². The zero-order valence-electron chi connectivity index (χ0n) is 15.7. The SMILES string of the molecule is COc1cc(/C=C/C(=O)c2sc(C(C)(C)C)nc2C)cc2c1OCCO2. The second-order valence-corrected chi connectivity index (χ2v) is 8.13. The van der Waals surface area contributed by atoms with Crippen LogP contribution in [0.5, 0.6) is 17.2 Å². The molecule has 26 heavy (non-hydrogen) atoms. The molecule has 3 rings (SSSR count). The fraction of sp³-hybridized carbons (Fsp3) is 0.400. The fourth-order valence-electron chi connectivity index (χ4n) is 2.58. The molecule has 6 heteroatoms. The standard InChI is InChI=1S/C20H23NO4S/c1-12-18(26-19(21-12)20(2,3)4)14(22)7-6-13-10-15(23-5)17-16(11-13)24-8-9-25-17/h6-7,10-11H,8-9H2,1-5H3/b7-6+. The van der Waals surface area contributed by atoms with Crippen LogP contribution in [0.3, 0.4) is 0 Å². The summed E-state index contributed by atoms with van der Waals surface area (Å²) < 4.78 is 16.6. The van der Waals surface area contributed by atoms with E-state index in [9.17, 15) is 4.79 Å². The van der Waals surface area contributed by atoms with E-state index in [0.29, 0.717) is 35.3 Å². The zero-order chi connectivity index (χ0) is 18.9. The number of thiazole rings is 1. The highest BCUT2D eigenvalue weighted by Gasteiger charge is 2.22. The van der Waals surface area contributed by atoms with E-state index in [-0.39, 0.29) is 11.2 Å². The lowest BCUT2D eigenvalue weighted by molar-refractivity contribution is 0.105. The van der Waals surface area contributed by atoms with Crippen molar-refractivity contribution < 1.29 is 19.0 Å². The van der Waals surface area contributed by atoms with E-state index >= 15 is 0 Å². The molecule has 0 saturated heterocycles. The average molecular weight is 373 g/mol. The van der Waals surface area contributed by atoms with Crippen LogP contribution in [0.1, 0.15) is 46.7 Å². The molecule has 2 aromatic rings. The molecule has 1 aromatic heterocycles. The Morgan fingerprint density at radius 2 is 2.00 bits per heavy atom. The number of benzene rings is 1. The lowest BCUT2D eigenvalue weighted by Gasteiger charge is -2.20.